The third-order valence-corrected chi connectivity index (χ3v) is 7.25. The predicted octanol–water partition coefficient (Wildman–Crippen LogP) is 3.85. The number of benzene rings is 2. The van der Waals surface area contributed by atoms with E-state index in [2.05, 4.69) is 5.32 Å². The van der Waals surface area contributed by atoms with E-state index in [0.29, 0.717) is 18.8 Å². The van der Waals surface area contributed by atoms with Gasteiger partial charge < -0.3 is 10.2 Å². The number of nitrogens with one attached hydrogen (secondary N) is 1. The zero-order valence-corrected chi connectivity index (χ0v) is 17.8. The fourth-order valence-corrected chi connectivity index (χ4v) is 5.08. The van der Waals surface area contributed by atoms with Crippen LogP contribution >= 0.6 is 0 Å². The van der Waals surface area contributed by atoms with Crippen molar-refractivity contribution in [2.75, 3.05) is 36.4 Å². The van der Waals surface area contributed by atoms with Crippen LogP contribution in [0.25, 0.3) is 0 Å². The number of carbonyl (C=O) groups is 1. The van der Waals surface area contributed by atoms with Crippen molar-refractivity contribution in [3.8, 4) is 0 Å². The number of nitrogens with zero attached hydrogens (tertiary/aromatic N) is 2. The molecule has 1 amide bonds. The summed E-state index contributed by atoms with van der Waals surface area (Å²) in [6.45, 7) is 5.63. The van der Waals surface area contributed by atoms with E-state index >= 15 is 0 Å². The van der Waals surface area contributed by atoms with Crippen molar-refractivity contribution in [1.82, 2.24) is 4.31 Å². The van der Waals surface area contributed by atoms with Crippen LogP contribution < -0.4 is 10.2 Å². The topological polar surface area (TPSA) is 69.7 Å². The molecule has 0 radical (unpaired) electrons. The highest BCUT2D eigenvalue weighted by atomic mass is 32.2. The standard InChI is InChI=1S/C21H25F2N3O3S/c1-3-26(4-2)30(28,29)15-10-11-19(25-12-5-6-13-25)18(14-15)24-21(27)16-8-7-9-17(22)20(16)23/h7-11,14H,3-6,12-13H2,1-2H3,(H,24,27). The fraction of sp³-hybridized carbons (Fsp3) is 0.381. The van der Waals surface area contributed by atoms with Crippen LogP contribution in [-0.2, 0) is 10.0 Å². The van der Waals surface area contributed by atoms with Crippen LogP contribution in [0.15, 0.2) is 41.3 Å². The summed E-state index contributed by atoms with van der Waals surface area (Å²) < 4.78 is 54.8. The molecule has 6 nitrogen and oxygen atoms in total. The van der Waals surface area contributed by atoms with Gasteiger partial charge in [0, 0.05) is 26.2 Å². The Morgan fingerprint density at radius 1 is 1.10 bits per heavy atom. The molecule has 1 aliphatic heterocycles. The van der Waals surface area contributed by atoms with Crippen molar-refractivity contribution in [2.45, 2.75) is 31.6 Å². The number of anilines is 2. The predicted molar refractivity (Wildman–Crippen MR) is 112 cm³/mol. The summed E-state index contributed by atoms with van der Waals surface area (Å²) in [5, 5.41) is 2.59. The molecule has 0 aliphatic carbocycles. The average molecular weight is 438 g/mol. The molecule has 1 aliphatic rings. The number of rotatable bonds is 7. The summed E-state index contributed by atoms with van der Waals surface area (Å²) in [5.74, 6) is -3.21. The Morgan fingerprint density at radius 2 is 1.77 bits per heavy atom. The molecule has 162 valence electrons. The number of halogens is 2. The van der Waals surface area contributed by atoms with E-state index in [0.717, 1.165) is 32.0 Å². The maximum absolute atomic E-state index is 14.1. The highest BCUT2D eigenvalue weighted by Crippen LogP contribution is 2.33. The van der Waals surface area contributed by atoms with E-state index in [9.17, 15) is 22.0 Å². The number of amides is 1. The smallest absolute Gasteiger partial charge is 0.258 e. The van der Waals surface area contributed by atoms with Crippen LogP contribution in [0.1, 0.15) is 37.0 Å². The summed E-state index contributed by atoms with van der Waals surface area (Å²) in [5.41, 5.74) is 0.453. The number of sulfonamides is 1. The highest BCUT2D eigenvalue weighted by Gasteiger charge is 2.25. The fourth-order valence-electron chi connectivity index (χ4n) is 3.59. The SMILES string of the molecule is CCN(CC)S(=O)(=O)c1ccc(N2CCCC2)c(NC(=O)c2cccc(F)c2F)c1. The molecule has 9 heteroatoms. The first kappa shape index (κ1) is 22.2. The first-order valence-electron chi connectivity index (χ1n) is 9.94. The molecule has 0 atom stereocenters. The number of carbonyl (C=O) groups excluding carboxylic acids is 1. The van der Waals surface area contributed by atoms with Crippen molar-refractivity contribution in [3.63, 3.8) is 0 Å². The first-order valence-corrected chi connectivity index (χ1v) is 11.4. The van der Waals surface area contributed by atoms with Crippen molar-refractivity contribution >= 4 is 27.3 Å². The molecular formula is C21H25F2N3O3S. The van der Waals surface area contributed by atoms with E-state index in [-0.39, 0.29) is 10.6 Å². The third-order valence-electron chi connectivity index (χ3n) is 5.20. The molecule has 3 rings (SSSR count). The van der Waals surface area contributed by atoms with Gasteiger partial charge in [-0.3, -0.25) is 4.79 Å². The molecule has 2 aromatic rings. The lowest BCUT2D eigenvalue weighted by Crippen LogP contribution is -2.31. The summed E-state index contributed by atoms with van der Waals surface area (Å²) in [6.07, 6.45) is 1.96. The monoisotopic (exact) mass is 437 g/mol. The van der Waals surface area contributed by atoms with E-state index in [4.69, 9.17) is 0 Å². The lowest BCUT2D eigenvalue weighted by Gasteiger charge is -2.24. The number of hydrogen-bond donors (Lipinski definition) is 1. The molecule has 1 fully saturated rings. The Labute approximate surface area is 175 Å². The minimum Gasteiger partial charge on any atom is -0.370 e. The molecule has 0 unspecified atom stereocenters. The molecule has 2 aromatic carbocycles. The van der Waals surface area contributed by atoms with Crippen LogP contribution in [0, 0.1) is 11.6 Å². The number of hydrogen-bond acceptors (Lipinski definition) is 4. The van der Waals surface area contributed by atoms with Crippen LogP contribution in [-0.4, -0.2) is 44.8 Å². The third kappa shape index (κ3) is 4.32. The normalized spacial score (nSPS) is 14.4. The van der Waals surface area contributed by atoms with Gasteiger partial charge in [0.15, 0.2) is 11.6 Å². The Hall–Kier alpha value is -2.52. The van der Waals surface area contributed by atoms with Gasteiger partial charge in [0.25, 0.3) is 5.91 Å². The van der Waals surface area contributed by atoms with Crippen LogP contribution in [0.5, 0.6) is 0 Å². The van der Waals surface area contributed by atoms with Gasteiger partial charge >= 0.3 is 0 Å². The molecule has 30 heavy (non-hydrogen) atoms. The second-order valence-corrected chi connectivity index (χ2v) is 8.96. The summed E-state index contributed by atoms with van der Waals surface area (Å²) in [7, 11) is -3.75. The molecule has 1 heterocycles. The van der Waals surface area contributed by atoms with Crippen molar-refractivity contribution < 1.29 is 22.0 Å². The highest BCUT2D eigenvalue weighted by molar-refractivity contribution is 7.89. The van der Waals surface area contributed by atoms with E-state index in [1.807, 2.05) is 4.90 Å². The quantitative estimate of drug-likeness (QED) is 0.715. The Morgan fingerprint density at radius 3 is 2.40 bits per heavy atom. The van der Waals surface area contributed by atoms with Crippen molar-refractivity contribution in [2.24, 2.45) is 0 Å². The van der Waals surface area contributed by atoms with Crippen LogP contribution in [0.3, 0.4) is 0 Å². The van der Waals surface area contributed by atoms with Crippen LogP contribution in [0.2, 0.25) is 0 Å². The van der Waals surface area contributed by atoms with Gasteiger partial charge in [-0.1, -0.05) is 19.9 Å². The zero-order valence-electron chi connectivity index (χ0n) is 17.0. The molecule has 0 spiro atoms. The Bertz CT molecular complexity index is 1030. The minimum atomic E-state index is -3.75. The van der Waals surface area contributed by atoms with Gasteiger partial charge in [0.1, 0.15) is 0 Å². The second kappa shape index (κ2) is 9.09. The lowest BCUT2D eigenvalue weighted by molar-refractivity contribution is 0.102. The maximum Gasteiger partial charge on any atom is 0.258 e. The van der Waals surface area contributed by atoms with Gasteiger partial charge in [-0.15, -0.1) is 0 Å². The molecular weight excluding hydrogens is 412 g/mol. The molecule has 0 aromatic heterocycles. The summed E-state index contributed by atoms with van der Waals surface area (Å²) in [4.78, 5) is 14.7. The van der Waals surface area contributed by atoms with Crippen molar-refractivity contribution in [3.05, 3.63) is 53.6 Å². The van der Waals surface area contributed by atoms with Crippen LogP contribution in [0.4, 0.5) is 20.2 Å². The minimum absolute atomic E-state index is 0.0316. The largest absolute Gasteiger partial charge is 0.370 e. The van der Waals surface area contributed by atoms with Gasteiger partial charge in [0.2, 0.25) is 10.0 Å². The van der Waals surface area contributed by atoms with Gasteiger partial charge in [-0.2, -0.15) is 4.31 Å². The van der Waals surface area contributed by atoms with E-state index in [1.165, 1.54) is 28.6 Å². The molecule has 0 saturated carbocycles. The second-order valence-electron chi connectivity index (χ2n) is 7.02. The van der Waals surface area contributed by atoms with Gasteiger partial charge in [-0.25, -0.2) is 17.2 Å². The summed E-state index contributed by atoms with van der Waals surface area (Å²) >= 11 is 0. The molecule has 1 N–H and O–H groups in total. The Kier molecular flexibility index (Phi) is 6.72. The van der Waals surface area contributed by atoms with Gasteiger partial charge in [-0.05, 0) is 43.2 Å². The van der Waals surface area contributed by atoms with Gasteiger partial charge in [0.05, 0.1) is 21.8 Å². The lowest BCUT2D eigenvalue weighted by atomic mass is 10.1. The van der Waals surface area contributed by atoms with E-state index in [1.54, 1.807) is 19.9 Å². The Balaban J connectivity index is 2.03. The zero-order chi connectivity index (χ0) is 21.9. The molecule has 1 saturated heterocycles. The average Bonchev–Trinajstić information content (AvgIpc) is 3.25. The molecule has 0 bridgehead atoms. The van der Waals surface area contributed by atoms with E-state index < -0.39 is 33.1 Å². The summed E-state index contributed by atoms with van der Waals surface area (Å²) in [6, 6.07) is 7.91. The van der Waals surface area contributed by atoms with Crippen molar-refractivity contribution in [1.29, 1.82) is 0 Å². The first-order chi connectivity index (χ1) is 14.3. The maximum atomic E-state index is 14.1.